The van der Waals surface area contributed by atoms with E-state index in [-0.39, 0.29) is 0 Å². The predicted octanol–water partition coefficient (Wildman–Crippen LogP) is 5.07. The highest BCUT2D eigenvalue weighted by Crippen LogP contribution is 2.17. The minimum absolute atomic E-state index is 0.443. The van der Waals surface area contributed by atoms with Crippen molar-refractivity contribution in [2.24, 2.45) is 0 Å². The first-order valence-electron chi connectivity index (χ1n) is 6.73. The number of hydrogen-bond donors (Lipinski definition) is 1. The summed E-state index contributed by atoms with van der Waals surface area (Å²) >= 11 is 3.51. The van der Waals surface area contributed by atoms with Crippen LogP contribution in [0.1, 0.15) is 57.6 Å². The molecule has 96 valence electrons. The van der Waals surface area contributed by atoms with Crippen molar-refractivity contribution in [3.05, 3.63) is 34.3 Å². The molecule has 0 aliphatic rings. The minimum Gasteiger partial charge on any atom is -0.310 e. The van der Waals surface area contributed by atoms with E-state index in [0.717, 1.165) is 11.0 Å². The van der Waals surface area contributed by atoms with Gasteiger partial charge in [0.05, 0.1) is 0 Å². The lowest BCUT2D eigenvalue weighted by atomic mass is 10.1. The first kappa shape index (κ1) is 14.7. The zero-order valence-corrected chi connectivity index (χ0v) is 12.6. The van der Waals surface area contributed by atoms with E-state index < -0.39 is 0 Å². The second-order valence-electron chi connectivity index (χ2n) is 4.65. The molecular formula is C15H24BrN. The van der Waals surface area contributed by atoms with Gasteiger partial charge in [-0.05, 0) is 37.6 Å². The van der Waals surface area contributed by atoms with Gasteiger partial charge in [-0.3, -0.25) is 0 Å². The smallest absolute Gasteiger partial charge is 0.0292 e. The van der Waals surface area contributed by atoms with E-state index in [2.05, 4.69) is 59.4 Å². The fourth-order valence-electron chi connectivity index (χ4n) is 1.94. The summed E-state index contributed by atoms with van der Waals surface area (Å²) in [6.07, 6.45) is 6.72. The van der Waals surface area contributed by atoms with Gasteiger partial charge in [-0.2, -0.15) is 0 Å². The largest absolute Gasteiger partial charge is 0.310 e. The maximum atomic E-state index is 3.58. The molecule has 1 atom stereocenters. The zero-order valence-electron chi connectivity index (χ0n) is 11.0. The standard InChI is InChI=1S/C15H24BrN/c1-3-4-5-6-7-11-17-13(2)14-9-8-10-15(16)12-14/h8-10,12-13,17H,3-7,11H2,1-2H3/t13-/m0/s1. The molecule has 0 heterocycles. The monoisotopic (exact) mass is 297 g/mol. The van der Waals surface area contributed by atoms with Crippen LogP contribution in [0.2, 0.25) is 0 Å². The summed E-state index contributed by atoms with van der Waals surface area (Å²) < 4.78 is 1.16. The van der Waals surface area contributed by atoms with Gasteiger partial charge in [-0.15, -0.1) is 0 Å². The quantitative estimate of drug-likeness (QED) is 0.661. The maximum absolute atomic E-state index is 3.58. The topological polar surface area (TPSA) is 12.0 Å². The van der Waals surface area contributed by atoms with Crippen LogP contribution in [0.25, 0.3) is 0 Å². The van der Waals surface area contributed by atoms with Gasteiger partial charge in [0.1, 0.15) is 0 Å². The Morgan fingerprint density at radius 2 is 1.94 bits per heavy atom. The predicted molar refractivity (Wildman–Crippen MR) is 79.3 cm³/mol. The molecule has 1 rings (SSSR count). The summed E-state index contributed by atoms with van der Waals surface area (Å²) in [5.74, 6) is 0. The van der Waals surface area contributed by atoms with Crippen molar-refractivity contribution in [2.45, 2.75) is 52.0 Å². The summed E-state index contributed by atoms with van der Waals surface area (Å²) in [6.45, 7) is 5.61. The SMILES string of the molecule is CCCCCCCN[C@@H](C)c1cccc(Br)c1. The van der Waals surface area contributed by atoms with Crippen molar-refractivity contribution in [1.29, 1.82) is 0 Å². The fourth-order valence-corrected chi connectivity index (χ4v) is 2.36. The van der Waals surface area contributed by atoms with Crippen LogP contribution in [0.4, 0.5) is 0 Å². The lowest BCUT2D eigenvalue weighted by molar-refractivity contribution is 0.531. The van der Waals surface area contributed by atoms with Gasteiger partial charge in [0.2, 0.25) is 0 Å². The molecule has 0 aromatic heterocycles. The van der Waals surface area contributed by atoms with E-state index >= 15 is 0 Å². The van der Waals surface area contributed by atoms with E-state index in [1.807, 2.05) is 0 Å². The zero-order chi connectivity index (χ0) is 12.5. The van der Waals surface area contributed by atoms with E-state index in [1.54, 1.807) is 0 Å². The molecule has 0 amide bonds. The third-order valence-corrected chi connectivity index (χ3v) is 3.57. The third kappa shape index (κ3) is 6.23. The Labute approximate surface area is 114 Å². The van der Waals surface area contributed by atoms with Crippen molar-refractivity contribution in [3.63, 3.8) is 0 Å². The van der Waals surface area contributed by atoms with Crippen molar-refractivity contribution in [2.75, 3.05) is 6.54 Å². The molecule has 0 radical (unpaired) electrons. The first-order valence-corrected chi connectivity index (χ1v) is 7.52. The number of benzene rings is 1. The normalized spacial score (nSPS) is 12.6. The molecule has 0 bridgehead atoms. The highest BCUT2D eigenvalue weighted by atomic mass is 79.9. The molecule has 0 saturated carbocycles. The molecule has 0 spiro atoms. The second-order valence-corrected chi connectivity index (χ2v) is 5.56. The summed E-state index contributed by atoms with van der Waals surface area (Å²) in [6, 6.07) is 8.98. The Hall–Kier alpha value is -0.340. The minimum atomic E-state index is 0.443. The van der Waals surface area contributed by atoms with Crippen LogP contribution in [-0.2, 0) is 0 Å². The molecule has 0 unspecified atom stereocenters. The number of unbranched alkanes of at least 4 members (excludes halogenated alkanes) is 4. The van der Waals surface area contributed by atoms with E-state index in [4.69, 9.17) is 0 Å². The molecule has 1 N–H and O–H groups in total. The van der Waals surface area contributed by atoms with Crippen molar-refractivity contribution in [3.8, 4) is 0 Å². The average molecular weight is 298 g/mol. The lowest BCUT2D eigenvalue weighted by Crippen LogP contribution is -2.19. The average Bonchev–Trinajstić information content (AvgIpc) is 2.33. The Morgan fingerprint density at radius 1 is 1.18 bits per heavy atom. The fraction of sp³-hybridized carbons (Fsp3) is 0.600. The third-order valence-electron chi connectivity index (χ3n) is 3.08. The van der Waals surface area contributed by atoms with Crippen molar-refractivity contribution in [1.82, 2.24) is 5.32 Å². The molecule has 0 fully saturated rings. The summed E-state index contributed by atoms with van der Waals surface area (Å²) in [5, 5.41) is 3.58. The van der Waals surface area contributed by atoms with E-state index in [0.29, 0.717) is 6.04 Å². The summed E-state index contributed by atoms with van der Waals surface area (Å²) in [7, 11) is 0. The lowest BCUT2D eigenvalue weighted by Gasteiger charge is -2.14. The molecule has 0 aliphatic heterocycles. The van der Waals surface area contributed by atoms with Gasteiger partial charge in [-0.25, -0.2) is 0 Å². The van der Waals surface area contributed by atoms with Crippen LogP contribution in [0, 0.1) is 0 Å². The van der Waals surface area contributed by atoms with Gasteiger partial charge in [0.25, 0.3) is 0 Å². The van der Waals surface area contributed by atoms with Gasteiger partial charge < -0.3 is 5.32 Å². The molecule has 1 nitrogen and oxygen atoms in total. The first-order chi connectivity index (χ1) is 8.24. The van der Waals surface area contributed by atoms with E-state index in [9.17, 15) is 0 Å². The van der Waals surface area contributed by atoms with Crippen LogP contribution in [0.5, 0.6) is 0 Å². The van der Waals surface area contributed by atoms with Gasteiger partial charge in [-0.1, -0.05) is 60.7 Å². The van der Waals surface area contributed by atoms with Crippen LogP contribution in [-0.4, -0.2) is 6.54 Å². The summed E-state index contributed by atoms with van der Waals surface area (Å²) in [5.41, 5.74) is 1.35. The molecule has 0 aliphatic carbocycles. The highest BCUT2D eigenvalue weighted by molar-refractivity contribution is 9.10. The Bertz CT molecular complexity index is 312. The summed E-state index contributed by atoms with van der Waals surface area (Å²) in [4.78, 5) is 0. The van der Waals surface area contributed by atoms with Crippen LogP contribution < -0.4 is 5.32 Å². The van der Waals surface area contributed by atoms with Gasteiger partial charge in [0, 0.05) is 10.5 Å². The van der Waals surface area contributed by atoms with Gasteiger partial charge in [0.15, 0.2) is 0 Å². The van der Waals surface area contributed by atoms with Crippen LogP contribution in [0.3, 0.4) is 0 Å². The van der Waals surface area contributed by atoms with Crippen molar-refractivity contribution < 1.29 is 0 Å². The second kappa shape index (κ2) is 8.71. The van der Waals surface area contributed by atoms with Crippen LogP contribution in [0.15, 0.2) is 28.7 Å². The number of halogens is 1. The number of hydrogen-bond acceptors (Lipinski definition) is 1. The van der Waals surface area contributed by atoms with Crippen LogP contribution >= 0.6 is 15.9 Å². The molecule has 2 heteroatoms. The van der Waals surface area contributed by atoms with E-state index in [1.165, 1.54) is 37.7 Å². The maximum Gasteiger partial charge on any atom is 0.0292 e. The molecule has 0 saturated heterocycles. The number of nitrogens with one attached hydrogen (secondary N) is 1. The Kier molecular flexibility index (Phi) is 7.54. The molecule has 1 aromatic rings. The molecular weight excluding hydrogens is 274 g/mol. The molecule has 1 aromatic carbocycles. The Morgan fingerprint density at radius 3 is 2.65 bits per heavy atom. The van der Waals surface area contributed by atoms with Gasteiger partial charge >= 0.3 is 0 Å². The van der Waals surface area contributed by atoms with Crippen molar-refractivity contribution >= 4 is 15.9 Å². The molecule has 17 heavy (non-hydrogen) atoms. The highest BCUT2D eigenvalue weighted by Gasteiger charge is 2.03. The Balaban J connectivity index is 2.19. The number of rotatable bonds is 8.